The number of benzene rings is 1. The molecule has 4 heteroatoms. The van der Waals surface area contributed by atoms with Crippen molar-refractivity contribution < 1.29 is 9.69 Å². The van der Waals surface area contributed by atoms with Crippen LogP contribution in [0.2, 0.25) is 0 Å². The number of hydrogen-bond acceptors (Lipinski definition) is 3. The molecule has 4 nitrogen and oxygen atoms in total. The lowest BCUT2D eigenvalue weighted by atomic mass is 10.0. The highest BCUT2D eigenvalue weighted by molar-refractivity contribution is 5.78. The van der Waals surface area contributed by atoms with Crippen molar-refractivity contribution in [3.05, 3.63) is 28.8 Å². The molecule has 1 aliphatic rings. The van der Waals surface area contributed by atoms with Gasteiger partial charge in [-0.25, -0.2) is 0 Å². The summed E-state index contributed by atoms with van der Waals surface area (Å²) in [7, 11) is 0. The molecule has 20 heavy (non-hydrogen) atoms. The fourth-order valence-electron chi connectivity index (χ4n) is 3.09. The molecule has 0 amide bonds. The number of aldehydes is 1. The average molecular weight is 272 g/mol. The molecule has 0 bridgehead atoms. The molecule has 0 spiro atoms. The van der Waals surface area contributed by atoms with E-state index in [1.54, 1.807) is 0 Å². The number of anilines is 1. The number of quaternary nitrogens is 1. The second kappa shape index (κ2) is 6.53. The van der Waals surface area contributed by atoms with Crippen molar-refractivity contribution in [3.63, 3.8) is 0 Å². The zero-order valence-corrected chi connectivity index (χ0v) is 12.3. The number of nitrogens with zero attached hydrogens (tertiary/aromatic N) is 2. The minimum absolute atomic E-state index is 0.640. The van der Waals surface area contributed by atoms with Crippen molar-refractivity contribution in [2.24, 2.45) is 0 Å². The molecule has 0 radical (unpaired) electrons. The molecular weight excluding hydrogens is 250 g/mol. The zero-order valence-electron chi connectivity index (χ0n) is 12.3. The standard InChI is InChI=1S/C16H21N3O/c1-13-10-15(12-20)11-14(2)16(13)19-8-6-18(7-9-19)5-3-4-17/h10-12H,3,5-9H2,1-2H3/p+1. The minimum Gasteiger partial charge on any atom is -0.360 e. The first-order valence-electron chi connectivity index (χ1n) is 7.17. The van der Waals surface area contributed by atoms with Gasteiger partial charge in [0.25, 0.3) is 0 Å². The Labute approximate surface area is 120 Å². The molecule has 1 heterocycles. The topological polar surface area (TPSA) is 48.5 Å². The van der Waals surface area contributed by atoms with Gasteiger partial charge in [-0.1, -0.05) is 0 Å². The van der Waals surface area contributed by atoms with Gasteiger partial charge in [0.1, 0.15) is 6.29 Å². The molecule has 0 saturated carbocycles. The molecule has 106 valence electrons. The van der Waals surface area contributed by atoms with E-state index in [2.05, 4.69) is 24.8 Å². The first kappa shape index (κ1) is 14.5. The molecular formula is C16H22N3O+. The Balaban J connectivity index is 2.07. The van der Waals surface area contributed by atoms with Crippen molar-refractivity contribution in [1.82, 2.24) is 0 Å². The summed E-state index contributed by atoms with van der Waals surface area (Å²) in [5.74, 6) is 0. The first-order valence-corrected chi connectivity index (χ1v) is 7.17. The van der Waals surface area contributed by atoms with Gasteiger partial charge in [-0.3, -0.25) is 4.79 Å². The molecule has 1 fully saturated rings. The molecule has 2 rings (SSSR count). The highest BCUT2D eigenvalue weighted by Crippen LogP contribution is 2.25. The fraction of sp³-hybridized carbons (Fsp3) is 0.500. The van der Waals surface area contributed by atoms with Crippen molar-refractivity contribution in [1.29, 1.82) is 5.26 Å². The Kier molecular flexibility index (Phi) is 4.75. The van der Waals surface area contributed by atoms with Gasteiger partial charge in [0.15, 0.2) is 0 Å². The Morgan fingerprint density at radius 1 is 1.30 bits per heavy atom. The predicted molar refractivity (Wildman–Crippen MR) is 79.3 cm³/mol. The zero-order chi connectivity index (χ0) is 14.5. The van der Waals surface area contributed by atoms with Crippen LogP contribution in [-0.2, 0) is 0 Å². The maximum Gasteiger partial charge on any atom is 0.150 e. The third-order valence-electron chi connectivity index (χ3n) is 4.03. The van der Waals surface area contributed by atoms with E-state index in [9.17, 15) is 4.79 Å². The highest BCUT2D eigenvalue weighted by atomic mass is 16.1. The van der Waals surface area contributed by atoms with Gasteiger partial charge in [0.05, 0.1) is 45.2 Å². The number of carbonyl (C=O) groups excluding carboxylic acids is 1. The normalized spacial score (nSPS) is 15.9. The molecule has 0 aliphatic carbocycles. The molecule has 1 N–H and O–H groups in total. The summed E-state index contributed by atoms with van der Waals surface area (Å²) in [6.45, 7) is 9.29. The van der Waals surface area contributed by atoms with Gasteiger partial charge in [-0.15, -0.1) is 0 Å². The van der Waals surface area contributed by atoms with Crippen molar-refractivity contribution >= 4 is 12.0 Å². The van der Waals surface area contributed by atoms with Crippen LogP contribution in [0.3, 0.4) is 0 Å². The number of nitriles is 1. The second-order valence-corrected chi connectivity index (χ2v) is 5.52. The summed E-state index contributed by atoms with van der Waals surface area (Å²) in [6, 6.07) is 6.15. The lowest BCUT2D eigenvalue weighted by molar-refractivity contribution is -0.900. The quantitative estimate of drug-likeness (QED) is 0.822. The smallest absolute Gasteiger partial charge is 0.150 e. The molecule has 0 aromatic heterocycles. The number of hydrogen-bond donors (Lipinski definition) is 1. The maximum absolute atomic E-state index is 10.9. The number of aryl methyl sites for hydroxylation is 2. The number of nitrogens with one attached hydrogen (secondary N) is 1. The predicted octanol–water partition coefficient (Wildman–Crippen LogP) is 0.735. The Morgan fingerprint density at radius 2 is 1.90 bits per heavy atom. The largest absolute Gasteiger partial charge is 0.360 e. The average Bonchev–Trinajstić information content (AvgIpc) is 2.45. The van der Waals surface area contributed by atoms with Crippen LogP contribution < -0.4 is 9.80 Å². The van der Waals surface area contributed by atoms with E-state index in [1.165, 1.54) is 21.7 Å². The van der Waals surface area contributed by atoms with Crippen molar-refractivity contribution in [2.45, 2.75) is 20.3 Å². The summed E-state index contributed by atoms with van der Waals surface area (Å²) in [6.07, 6.45) is 1.55. The molecule has 1 aromatic carbocycles. The van der Waals surface area contributed by atoms with E-state index >= 15 is 0 Å². The van der Waals surface area contributed by atoms with E-state index in [0.717, 1.165) is 44.6 Å². The van der Waals surface area contributed by atoms with Crippen LogP contribution in [0.1, 0.15) is 27.9 Å². The molecule has 1 aliphatic heterocycles. The fourth-order valence-corrected chi connectivity index (χ4v) is 3.09. The van der Waals surface area contributed by atoms with Crippen molar-refractivity contribution in [2.75, 3.05) is 37.6 Å². The minimum atomic E-state index is 0.640. The third-order valence-corrected chi connectivity index (χ3v) is 4.03. The lowest BCUT2D eigenvalue weighted by Gasteiger charge is -2.35. The van der Waals surface area contributed by atoms with Crippen LogP contribution in [-0.4, -0.2) is 39.0 Å². The van der Waals surface area contributed by atoms with Gasteiger partial charge in [-0.05, 0) is 37.1 Å². The number of carbonyl (C=O) groups is 1. The SMILES string of the molecule is Cc1cc(C=O)cc(C)c1N1CC[NH+](CCC#N)CC1. The molecule has 1 saturated heterocycles. The van der Waals surface area contributed by atoms with Crippen LogP contribution in [0.5, 0.6) is 0 Å². The Bertz CT molecular complexity index is 502. The van der Waals surface area contributed by atoms with Crippen LogP contribution in [0.25, 0.3) is 0 Å². The Morgan fingerprint density at radius 3 is 2.40 bits per heavy atom. The summed E-state index contributed by atoms with van der Waals surface area (Å²) in [5, 5.41) is 8.65. The second-order valence-electron chi connectivity index (χ2n) is 5.52. The van der Waals surface area contributed by atoms with E-state index in [4.69, 9.17) is 5.26 Å². The first-order chi connectivity index (χ1) is 9.65. The summed E-state index contributed by atoms with van der Waals surface area (Å²) in [4.78, 5) is 14.8. The van der Waals surface area contributed by atoms with Gasteiger partial charge < -0.3 is 9.80 Å². The van der Waals surface area contributed by atoms with Gasteiger partial charge in [0, 0.05) is 11.3 Å². The molecule has 1 aromatic rings. The van der Waals surface area contributed by atoms with Crippen LogP contribution in [0.4, 0.5) is 5.69 Å². The third kappa shape index (κ3) is 3.17. The van der Waals surface area contributed by atoms with Gasteiger partial charge >= 0.3 is 0 Å². The van der Waals surface area contributed by atoms with Gasteiger partial charge in [0.2, 0.25) is 0 Å². The Hall–Kier alpha value is -1.86. The van der Waals surface area contributed by atoms with Crippen molar-refractivity contribution in [3.8, 4) is 6.07 Å². The summed E-state index contributed by atoms with van der Waals surface area (Å²) < 4.78 is 0. The van der Waals surface area contributed by atoms with E-state index in [-0.39, 0.29) is 0 Å². The maximum atomic E-state index is 10.9. The van der Waals surface area contributed by atoms with Crippen LogP contribution >= 0.6 is 0 Å². The summed E-state index contributed by atoms with van der Waals surface area (Å²) >= 11 is 0. The monoisotopic (exact) mass is 272 g/mol. The van der Waals surface area contributed by atoms with Crippen LogP contribution in [0.15, 0.2) is 12.1 Å². The van der Waals surface area contributed by atoms with Gasteiger partial charge in [-0.2, -0.15) is 5.26 Å². The van der Waals surface area contributed by atoms with E-state index < -0.39 is 0 Å². The highest BCUT2D eigenvalue weighted by Gasteiger charge is 2.22. The lowest BCUT2D eigenvalue weighted by Crippen LogP contribution is -3.14. The van der Waals surface area contributed by atoms with Crippen LogP contribution in [0, 0.1) is 25.2 Å². The number of piperazine rings is 1. The van der Waals surface area contributed by atoms with E-state index in [1.807, 2.05) is 12.1 Å². The van der Waals surface area contributed by atoms with E-state index in [0.29, 0.717) is 6.42 Å². The number of rotatable bonds is 4. The molecule has 0 unspecified atom stereocenters. The summed E-state index contributed by atoms with van der Waals surface area (Å²) in [5.41, 5.74) is 4.37. The molecule has 0 atom stereocenters.